The van der Waals surface area contributed by atoms with Gasteiger partial charge in [-0.25, -0.2) is 0 Å². The van der Waals surface area contributed by atoms with Crippen molar-refractivity contribution in [1.29, 1.82) is 0 Å². The van der Waals surface area contributed by atoms with Crippen molar-refractivity contribution >= 4 is 11.9 Å². The maximum absolute atomic E-state index is 11.1. The van der Waals surface area contributed by atoms with E-state index >= 15 is 0 Å². The minimum atomic E-state index is -0.464. The van der Waals surface area contributed by atoms with Gasteiger partial charge in [-0.3, -0.25) is 9.59 Å². The second kappa shape index (κ2) is 9.79. The van der Waals surface area contributed by atoms with Crippen LogP contribution in [-0.4, -0.2) is 47.6 Å². The number of ether oxygens (including phenoxy) is 2. The van der Waals surface area contributed by atoms with E-state index in [4.69, 9.17) is 9.47 Å². The summed E-state index contributed by atoms with van der Waals surface area (Å²) in [7, 11) is 0. The monoisotopic (exact) mass is 316 g/mol. The van der Waals surface area contributed by atoms with Crippen LogP contribution in [0.15, 0.2) is 0 Å². The van der Waals surface area contributed by atoms with Crippen LogP contribution in [0.25, 0.3) is 0 Å². The molecule has 0 aromatic heterocycles. The van der Waals surface area contributed by atoms with E-state index < -0.39 is 12.2 Å². The molecule has 128 valence electrons. The molecule has 0 aromatic carbocycles. The standard InChI is InChI=1S/2C8H14O3/c2*1-2-11-8(10)6-4-3-5-7(6)9/h2*6-7,9H,2-5H2,1H3/t2*6-,7+/m10/s1. The molecule has 0 aliphatic heterocycles. The Balaban J connectivity index is 0.000000220. The summed E-state index contributed by atoms with van der Waals surface area (Å²) in [5, 5.41) is 18.6. The molecule has 0 bridgehead atoms. The van der Waals surface area contributed by atoms with Crippen molar-refractivity contribution in [3.8, 4) is 0 Å². The van der Waals surface area contributed by atoms with Crippen molar-refractivity contribution in [2.45, 2.75) is 64.6 Å². The number of esters is 2. The van der Waals surface area contributed by atoms with Gasteiger partial charge in [0.25, 0.3) is 0 Å². The molecule has 2 aliphatic rings. The first-order valence-corrected chi connectivity index (χ1v) is 8.20. The lowest BCUT2D eigenvalue weighted by Crippen LogP contribution is -2.24. The van der Waals surface area contributed by atoms with E-state index in [0.29, 0.717) is 13.2 Å². The van der Waals surface area contributed by atoms with Crippen molar-refractivity contribution in [2.24, 2.45) is 11.8 Å². The van der Waals surface area contributed by atoms with E-state index in [0.717, 1.165) is 38.5 Å². The molecule has 0 radical (unpaired) electrons. The van der Waals surface area contributed by atoms with Crippen LogP contribution in [0.1, 0.15) is 52.4 Å². The number of rotatable bonds is 4. The highest BCUT2D eigenvalue weighted by Crippen LogP contribution is 2.27. The predicted octanol–water partition coefficient (Wildman–Crippen LogP) is 1.42. The number of hydrogen-bond donors (Lipinski definition) is 2. The summed E-state index contributed by atoms with van der Waals surface area (Å²) < 4.78 is 9.59. The molecule has 2 aliphatic carbocycles. The van der Waals surface area contributed by atoms with Crippen molar-refractivity contribution in [3.05, 3.63) is 0 Å². The van der Waals surface area contributed by atoms with Crippen LogP contribution in [0.2, 0.25) is 0 Å². The topological polar surface area (TPSA) is 93.1 Å². The van der Waals surface area contributed by atoms with Gasteiger partial charge in [-0.2, -0.15) is 0 Å². The molecule has 6 heteroatoms. The van der Waals surface area contributed by atoms with Crippen molar-refractivity contribution < 1.29 is 29.3 Å². The van der Waals surface area contributed by atoms with Gasteiger partial charge in [0.05, 0.1) is 37.3 Å². The minimum absolute atomic E-state index is 0.238. The number of hydrogen-bond acceptors (Lipinski definition) is 6. The first-order valence-electron chi connectivity index (χ1n) is 8.20. The Morgan fingerprint density at radius 1 is 0.818 bits per heavy atom. The first-order chi connectivity index (χ1) is 10.5. The summed E-state index contributed by atoms with van der Waals surface area (Å²) in [4.78, 5) is 22.1. The van der Waals surface area contributed by atoms with Gasteiger partial charge in [-0.15, -0.1) is 0 Å². The van der Waals surface area contributed by atoms with E-state index in [2.05, 4.69) is 0 Å². The predicted molar refractivity (Wildman–Crippen MR) is 80.0 cm³/mol. The Labute approximate surface area is 131 Å². The molecule has 0 amide bonds. The molecule has 2 rings (SSSR count). The van der Waals surface area contributed by atoms with Gasteiger partial charge in [0.1, 0.15) is 0 Å². The Bertz CT molecular complexity index is 323. The highest BCUT2D eigenvalue weighted by Gasteiger charge is 2.33. The molecule has 0 aromatic rings. The quantitative estimate of drug-likeness (QED) is 0.762. The smallest absolute Gasteiger partial charge is 0.311 e. The third-order valence-electron chi connectivity index (χ3n) is 4.14. The van der Waals surface area contributed by atoms with Gasteiger partial charge in [-0.1, -0.05) is 0 Å². The molecule has 2 fully saturated rings. The van der Waals surface area contributed by atoms with Gasteiger partial charge >= 0.3 is 11.9 Å². The molecule has 0 spiro atoms. The van der Waals surface area contributed by atoms with Crippen molar-refractivity contribution in [1.82, 2.24) is 0 Å². The molecule has 0 unspecified atom stereocenters. The average Bonchev–Trinajstić information content (AvgIpc) is 3.08. The zero-order chi connectivity index (χ0) is 16.5. The fraction of sp³-hybridized carbons (Fsp3) is 0.875. The first kappa shape index (κ1) is 18.9. The number of aliphatic hydroxyl groups is 2. The number of carbonyl (C=O) groups is 2. The molecule has 6 nitrogen and oxygen atoms in total. The van der Waals surface area contributed by atoms with Crippen LogP contribution in [0.5, 0.6) is 0 Å². The number of carbonyl (C=O) groups excluding carboxylic acids is 2. The summed E-state index contributed by atoms with van der Waals surface area (Å²) in [6.45, 7) is 4.36. The summed E-state index contributed by atoms with van der Waals surface area (Å²) in [6, 6.07) is 0. The van der Waals surface area contributed by atoms with Gasteiger partial charge in [0.2, 0.25) is 0 Å². The van der Waals surface area contributed by atoms with Crippen LogP contribution >= 0.6 is 0 Å². The zero-order valence-electron chi connectivity index (χ0n) is 13.5. The third-order valence-corrected chi connectivity index (χ3v) is 4.14. The molecule has 0 saturated heterocycles. The summed E-state index contributed by atoms with van der Waals surface area (Å²) in [5.74, 6) is -0.986. The molecule has 2 saturated carbocycles. The SMILES string of the molecule is CCOC(=O)[C@@H]1CCC[C@@H]1O.CCOC(=O)[C@H]1CCC[C@H]1O. The zero-order valence-corrected chi connectivity index (χ0v) is 13.5. The fourth-order valence-electron chi connectivity index (χ4n) is 2.93. The second-order valence-electron chi connectivity index (χ2n) is 5.71. The van der Waals surface area contributed by atoms with E-state index in [1.165, 1.54) is 0 Å². The van der Waals surface area contributed by atoms with Gasteiger partial charge < -0.3 is 19.7 Å². The summed E-state index contributed by atoms with van der Waals surface area (Å²) in [6.07, 6.45) is 3.98. The fourth-order valence-corrected chi connectivity index (χ4v) is 2.93. The van der Waals surface area contributed by atoms with Crippen LogP contribution in [0, 0.1) is 11.8 Å². The summed E-state index contributed by atoms with van der Waals surface area (Å²) in [5.41, 5.74) is 0. The summed E-state index contributed by atoms with van der Waals surface area (Å²) >= 11 is 0. The normalized spacial score (nSPS) is 30.4. The lowest BCUT2D eigenvalue weighted by Gasteiger charge is -2.11. The highest BCUT2D eigenvalue weighted by molar-refractivity contribution is 5.73. The van der Waals surface area contributed by atoms with Crippen LogP contribution in [0.3, 0.4) is 0 Å². The highest BCUT2D eigenvalue weighted by atomic mass is 16.5. The molecular formula is C16H28O6. The van der Waals surface area contributed by atoms with Crippen molar-refractivity contribution in [3.63, 3.8) is 0 Å². The maximum Gasteiger partial charge on any atom is 0.311 e. The largest absolute Gasteiger partial charge is 0.466 e. The Kier molecular flexibility index (Phi) is 8.42. The maximum atomic E-state index is 11.1. The third kappa shape index (κ3) is 5.57. The molecule has 2 N–H and O–H groups in total. The van der Waals surface area contributed by atoms with Gasteiger partial charge in [-0.05, 0) is 52.4 Å². The van der Waals surface area contributed by atoms with Crippen LogP contribution in [0.4, 0.5) is 0 Å². The average molecular weight is 316 g/mol. The Morgan fingerprint density at radius 2 is 1.18 bits per heavy atom. The van der Waals surface area contributed by atoms with Crippen LogP contribution in [-0.2, 0) is 19.1 Å². The van der Waals surface area contributed by atoms with E-state index in [1.807, 2.05) is 0 Å². The van der Waals surface area contributed by atoms with E-state index in [1.54, 1.807) is 13.8 Å². The van der Waals surface area contributed by atoms with E-state index in [-0.39, 0.29) is 23.8 Å². The van der Waals surface area contributed by atoms with Crippen molar-refractivity contribution in [2.75, 3.05) is 13.2 Å². The minimum Gasteiger partial charge on any atom is -0.466 e. The molecule has 4 atom stereocenters. The number of aliphatic hydroxyl groups excluding tert-OH is 2. The van der Waals surface area contributed by atoms with Gasteiger partial charge in [0, 0.05) is 0 Å². The molecule has 0 heterocycles. The lowest BCUT2D eigenvalue weighted by atomic mass is 10.1. The van der Waals surface area contributed by atoms with Crippen LogP contribution < -0.4 is 0 Å². The molecular weight excluding hydrogens is 288 g/mol. The second-order valence-corrected chi connectivity index (χ2v) is 5.71. The van der Waals surface area contributed by atoms with E-state index in [9.17, 15) is 19.8 Å². The Hall–Kier alpha value is -1.14. The Morgan fingerprint density at radius 3 is 1.41 bits per heavy atom. The lowest BCUT2D eigenvalue weighted by molar-refractivity contribution is -0.151. The molecule has 22 heavy (non-hydrogen) atoms. The van der Waals surface area contributed by atoms with Gasteiger partial charge in [0.15, 0.2) is 0 Å².